The topological polar surface area (TPSA) is 95.4 Å². The van der Waals surface area contributed by atoms with Crippen LogP contribution in [-0.4, -0.2) is 57.4 Å². The largest absolute Gasteiger partial charge is 0.369 e. The summed E-state index contributed by atoms with van der Waals surface area (Å²) in [7, 11) is 0. The van der Waals surface area contributed by atoms with Crippen LogP contribution in [-0.2, 0) is 24.3 Å². The molecule has 10 heteroatoms. The molecule has 1 fully saturated rings. The van der Waals surface area contributed by atoms with Crippen LogP contribution in [0, 0.1) is 5.82 Å². The fourth-order valence-corrected chi connectivity index (χ4v) is 6.13. The number of fused-ring (bicyclic) bond motifs is 2. The summed E-state index contributed by atoms with van der Waals surface area (Å²) in [5, 5.41) is 6.19. The Labute approximate surface area is 237 Å². The zero-order valence-electron chi connectivity index (χ0n) is 22.5. The van der Waals surface area contributed by atoms with Crippen LogP contribution in [0.4, 0.5) is 15.9 Å². The van der Waals surface area contributed by atoms with Gasteiger partial charge >= 0.3 is 0 Å². The Kier molecular flexibility index (Phi) is 6.47. The number of hydrogen-bond donors (Lipinski definition) is 2. The van der Waals surface area contributed by atoms with E-state index in [1.165, 1.54) is 11.0 Å². The van der Waals surface area contributed by atoms with Gasteiger partial charge in [-0.15, -0.1) is 0 Å². The number of carbonyl (C=O) groups excluding carboxylic acids is 2. The molecule has 2 N–H and O–H groups in total. The number of rotatable bonds is 6. The van der Waals surface area contributed by atoms with E-state index in [1.807, 2.05) is 28.8 Å². The van der Waals surface area contributed by atoms with Crippen LogP contribution in [0.1, 0.15) is 39.8 Å². The average molecular weight is 552 g/mol. The number of hydrogen-bond acceptors (Lipinski definition) is 6. The summed E-state index contributed by atoms with van der Waals surface area (Å²) in [6.45, 7) is 4.56. The summed E-state index contributed by atoms with van der Waals surface area (Å²) >= 11 is 0. The fourth-order valence-electron chi connectivity index (χ4n) is 6.13. The smallest absolute Gasteiger partial charge is 0.255 e. The lowest BCUT2D eigenvalue weighted by molar-refractivity contribution is -0.121. The standard InChI is InChI=1S/C31H30FN7O2/c32-25-17-21(20-6-8-22(9-7-20)37-14-11-33-12-15-37)16-23-24(25)18-39(31(23)41)29(28-26-4-3-13-38(26)19-35-28)30(40)36-27-5-1-2-10-34-27/h1-2,5-10,16-17,19,29,33H,3-4,11-15,18H2,(H,34,36,40). The average Bonchev–Trinajstić information content (AvgIpc) is 3.71. The van der Waals surface area contributed by atoms with Gasteiger partial charge in [0.05, 0.1) is 18.6 Å². The lowest BCUT2D eigenvalue weighted by atomic mass is 9.99. The summed E-state index contributed by atoms with van der Waals surface area (Å²) in [5.41, 5.74) is 4.60. The molecule has 9 nitrogen and oxygen atoms in total. The molecule has 0 bridgehead atoms. The van der Waals surface area contributed by atoms with Gasteiger partial charge in [0.2, 0.25) is 0 Å². The predicted molar refractivity (Wildman–Crippen MR) is 153 cm³/mol. The van der Waals surface area contributed by atoms with Gasteiger partial charge in [0, 0.05) is 61.4 Å². The molecule has 2 amide bonds. The van der Waals surface area contributed by atoms with E-state index in [9.17, 15) is 9.59 Å². The molecule has 2 aromatic heterocycles. The molecular formula is C31H30FN7O2. The van der Waals surface area contributed by atoms with E-state index in [1.54, 1.807) is 36.8 Å². The summed E-state index contributed by atoms with van der Waals surface area (Å²) in [6, 6.07) is 15.4. The molecule has 0 radical (unpaired) electrons. The van der Waals surface area contributed by atoms with Crippen LogP contribution in [0.15, 0.2) is 67.1 Å². The van der Waals surface area contributed by atoms with Crippen LogP contribution in [0.2, 0.25) is 0 Å². The van der Waals surface area contributed by atoms with Crippen molar-refractivity contribution in [1.82, 2.24) is 24.8 Å². The van der Waals surface area contributed by atoms with Gasteiger partial charge < -0.3 is 25.0 Å². The Hall–Kier alpha value is -4.57. The minimum absolute atomic E-state index is 0.0190. The molecule has 0 spiro atoms. The first-order valence-corrected chi connectivity index (χ1v) is 14.0. The number of imidazole rings is 1. The minimum Gasteiger partial charge on any atom is -0.369 e. The van der Waals surface area contributed by atoms with E-state index < -0.39 is 17.8 Å². The van der Waals surface area contributed by atoms with Crippen LogP contribution in [0.5, 0.6) is 0 Å². The van der Waals surface area contributed by atoms with E-state index in [0.29, 0.717) is 22.6 Å². The Balaban J connectivity index is 1.20. The number of pyridine rings is 1. The van der Waals surface area contributed by atoms with Gasteiger partial charge in [-0.3, -0.25) is 9.59 Å². The van der Waals surface area contributed by atoms with Crippen molar-refractivity contribution >= 4 is 23.3 Å². The minimum atomic E-state index is -1.02. The first kappa shape index (κ1) is 25.4. The van der Waals surface area contributed by atoms with E-state index >= 15 is 4.39 Å². The normalized spacial score (nSPS) is 17.0. The van der Waals surface area contributed by atoms with Crippen LogP contribution < -0.4 is 15.5 Å². The van der Waals surface area contributed by atoms with Gasteiger partial charge in [-0.25, -0.2) is 14.4 Å². The number of nitrogens with one attached hydrogen (secondary N) is 2. The Bertz CT molecular complexity index is 1610. The third kappa shape index (κ3) is 4.63. The molecule has 5 heterocycles. The zero-order valence-corrected chi connectivity index (χ0v) is 22.5. The molecule has 41 heavy (non-hydrogen) atoms. The van der Waals surface area contributed by atoms with E-state index in [0.717, 1.165) is 62.5 Å². The van der Waals surface area contributed by atoms with Crippen molar-refractivity contribution in [3.05, 3.63) is 95.5 Å². The summed E-state index contributed by atoms with van der Waals surface area (Å²) in [5.74, 6) is -0.903. The number of amides is 2. The maximum absolute atomic E-state index is 15.6. The number of piperazine rings is 1. The van der Waals surface area contributed by atoms with E-state index in [-0.39, 0.29) is 18.0 Å². The summed E-state index contributed by atoms with van der Waals surface area (Å²) < 4.78 is 17.6. The van der Waals surface area contributed by atoms with Gasteiger partial charge in [-0.1, -0.05) is 18.2 Å². The predicted octanol–water partition coefficient (Wildman–Crippen LogP) is 3.78. The lowest BCUT2D eigenvalue weighted by Gasteiger charge is -2.29. The first-order chi connectivity index (χ1) is 20.1. The van der Waals surface area contributed by atoms with Gasteiger partial charge in [0.1, 0.15) is 11.6 Å². The molecule has 1 atom stereocenters. The number of halogens is 1. The van der Waals surface area contributed by atoms with Crippen LogP contribution in [0.3, 0.4) is 0 Å². The zero-order chi connectivity index (χ0) is 27.9. The Morgan fingerprint density at radius 1 is 1.00 bits per heavy atom. The Morgan fingerprint density at radius 3 is 2.61 bits per heavy atom. The van der Waals surface area contributed by atoms with Crippen molar-refractivity contribution in [1.29, 1.82) is 0 Å². The number of nitrogens with zero attached hydrogens (tertiary/aromatic N) is 5. The highest BCUT2D eigenvalue weighted by Gasteiger charge is 2.42. The number of aryl methyl sites for hydroxylation is 1. The van der Waals surface area contributed by atoms with Gasteiger partial charge in [-0.2, -0.15) is 0 Å². The fraction of sp³-hybridized carbons (Fsp3) is 0.290. The number of anilines is 2. The monoisotopic (exact) mass is 551 g/mol. The molecule has 1 unspecified atom stereocenters. The molecule has 7 rings (SSSR count). The molecule has 1 saturated heterocycles. The maximum atomic E-state index is 15.6. The van der Waals surface area contributed by atoms with Gasteiger partial charge in [0.15, 0.2) is 6.04 Å². The first-order valence-electron chi connectivity index (χ1n) is 14.0. The highest BCUT2D eigenvalue weighted by Crippen LogP contribution is 2.38. The maximum Gasteiger partial charge on any atom is 0.255 e. The van der Waals surface area contributed by atoms with Crippen molar-refractivity contribution in [3.8, 4) is 11.1 Å². The molecule has 2 aromatic carbocycles. The molecule has 3 aliphatic heterocycles. The third-order valence-corrected chi connectivity index (χ3v) is 8.22. The van der Waals surface area contributed by atoms with Crippen molar-refractivity contribution in [2.75, 3.05) is 36.4 Å². The van der Waals surface area contributed by atoms with Crippen LogP contribution in [0.25, 0.3) is 11.1 Å². The molecule has 0 saturated carbocycles. The second kappa shape index (κ2) is 10.4. The lowest BCUT2D eigenvalue weighted by Crippen LogP contribution is -2.43. The third-order valence-electron chi connectivity index (χ3n) is 8.22. The van der Waals surface area contributed by atoms with Crippen molar-refractivity contribution in [2.45, 2.75) is 32.0 Å². The number of carbonyl (C=O) groups is 2. The highest BCUT2D eigenvalue weighted by atomic mass is 19.1. The SMILES string of the molecule is O=C(Nc1ccccn1)C(c1ncn2c1CCC2)N1Cc2c(F)cc(-c3ccc(N4CCNCC4)cc3)cc2C1=O. The van der Waals surface area contributed by atoms with Gasteiger partial charge in [0.25, 0.3) is 11.8 Å². The van der Waals surface area contributed by atoms with Crippen LogP contribution >= 0.6 is 0 Å². The van der Waals surface area contributed by atoms with Crippen molar-refractivity contribution in [3.63, 3.8) is 0 Å². The quantitative estimate of drug-likeness (QED) is 0.379. The summed E-state index contributed by atoms with van der Waals surface area (Å²) in [4.78, 5) is 40.2. The summed E-state index contributed by atoms with van der Waals surface area (Å²) in [6.07, 6.45) is 5.01. The number of benzene rings is 2. The highest BCUT2D eigenvalue weighted by molar-refractivity contribution is 6.04. The van der Waals surface area contributed by atoms with Crippen molar-refractivity contribution < 1.29 is 14.0 Å². The van der Waals surface area contributed by atoms with Gasteiger partial charge in [-0.05, 0) is 60.4 Å². The van der Waals surface area contributed by atoms with Crippen molar-refractivity contribution in [2.24, 2.45) is 0 Å². The molecular weight excluding hydrogens is 521 g/mol. The number of aromatic nitrogens is 3. The Morgan fingerprint density at radius 2 is 1.83 bits per heavy atom. The molecule has 3 aliphatic rings. The molecule has 208 valence electrons. The second-order valence-electron chi connectivity index (χ2n) is 10.7. The van der Waals surface area contributed by atoms with E-state index in [2.05, 4.69) is 25.5 Å². The second-order valence-corrected chi connectivity index (χ2v) is 10.7. The van der Waals surface area contributed by atoms with E-state index in [4.69, 9.17) is 0 Å². The molecule has 4 aromatic rings. The molecule has 0 aliphatic carbocycles.